The van der Waals surface area contributed by atoms with Crippen molar-refractivity contribution in [1.82, 2.24) is 4.98 Å². The molecule has 0 N–H and O–H groups in total. The third-order valence-corrected chi connectivity index (χ3v) is 3.90. The standard InChI is InChI=1S/C19H19FN2O2/c1-14-15(19-18(24-13-23-2)10-5-11-21-19)7-6-12-22(14)17-9-4-3-8-16(17)20/h3-12,14H,13H2,1-2H3. The Morgan fingerprint density at radius 2 is 2.04 bits per heavy atom. The van der Waals surface area contributed by atoms with E-state index in [1.165, 1.54) is 6.07 Å². The summed E-state index contributed by atoms with van der Waals surface area (Å²) < 4.78 is 24.8. The second-order valence-corrected chi connectivity index (χ2v) is 5.40. The molecule has 0 spiro atoms. The van der Waals surface area contributed by atoms with E-state index in [1.807, 2.05) is 48.4 Å². The highest BCUT2D eigenvalue weighted by atomic mass is 19.1. The molecule has 5 heteroatoms. The van der Waals surface area contributed by atoms with E-state index >= 15 is 0 Å². The summed E-state index contributed by atoms with van der Waals surface area (Å²) in [5.74, 6) is 0.383. The Balaban J connectivity index is 1.94. The molecule has 1 aliphatic heterocycles. The Bertz CT molecular complexity index is 773. The molecule has 0 aliphatic carbocycles. The van der Waals surface area contributed by atoms with E-state index in [1.54, 1.807) is 25.4 Å². The van der Waals surface area contributed by atoms with Gasteiger partial charge in [-0.2, -0.15) is 0 Å². The van der Waals surface area contributed by atoms with Crippen LogP contribution in [0.15, 0.2) is 60.9 Å². The molecular formula is C19H19FN2O2. The molecule has 24 heavy (non-hydrogen) atoms. The van der Waals surface area contributed by atoms with E-state index in [-0.39, 0.29) is 18.7 Å². The Kier molecular flexibility index (Phi) is 4.91. The number of hydrogen-bond acceptors (Lipinski definition) is 4. The number of allylic oxidation sites excluding steroid dienone is 2. The Morgan fingerprint density at radius 3 is 2.83 bits per heavy atom. The van der Waals surface area contributed by atoms with Gasteiger partial charge in [-0.1, -0.05) is 18.2 Å². The van der Waals surface area contributed by atoms with Gasteiger partial charge in [-0.25, -0.2) is 4.39 Å². The van der Waals surface area contributed by atoms with Crippen LogP contribution in [0.1, 0.15) is 12.6 Å². The molecular weight excluding hydrogens is 307 g/mol. The summed E-state index contributed by atoms with van der Waals surface area (Å²) in [5, 5.41) is 0. The summed E-state index contributed by atoms with van der Waals surface area (Å²) in [6.45, 7) is 2.16. The van der Waals surface area contributed by atoms with Crippen molar-refractivity contribution in [3.63, 3.8) is 0 Å². The minimum absolute atomic E-state index is 0.0910. The average Bonchev–Trinajstić information content (AvgIpc) is 2.61. The number of pyridine rings is 1. The van der Waals surface area contributed by atoms with Gasteiger partial charge in [-0.05, 0) is 37.3 Å². The molecule has 0 saturated carbocycles. The van der Waals surface area contributed by atoms with Crippen molar-refractivity contribution in [1.29, 1.82) is 0 Å². The number of rotatable bonds is 5. The molecule has 2 aromatic rings. The topological polar surface area (TPSA) is 34.6 Å². The van der Waals surface area contributed by atoms with Gasteiger partial charge in [0.15, 0.2) is 6.79 Å². The summed E-state index contributed by atoms with van der Waals surface area (Å²) in [6.07, 6.45) is 7.44. The molecule has 124 valence electrons. The molecule has 1 unspecified atom stereocenters. The monoisotopic (exact) mass is 326 g/mol. The number of nitrogens with zero attached hydrogens (tertiary/aromatic N) is 2. The van der Waals surface area contributed by atoms with E-state index in [2.05, 4.69) is 4.98 Å². The van der Waals surface area contributed by atoms with Crippen molar-refractivity contribution in [2.45, 2.75) is 13.0 Å². The highest BCUT2D eigenvalue weighted by molar-refractivity contribution is 5.78. The van der Waals surface area contributed by atoms with Crippen LogP contribution in [-0.2, 0) is 4.74 Å². The first kappa shape index (κ1) is 16.2. The second-order valence-electron chi connectivity index (χ2n) is 5.40. The van der Waals surface area contributed by atoms with Crippen LogP contribution in [0, 0.1) is 5.82 Å². The van der Waals surface area contributed by atoms with Crippen LogP contribution in [0.3, 0.4) is 0 Å². The van der Waals surface area contributed by atoms with Gasteiger partial charge in [0.1, 0.15) is 17.3 Å². The quantitative estimate of drug-likeness (QED) is 0.778. The molecule has 0 amide bonds. The van der Waals surface area contributed by atoms with Gasteiger partial charge in [0.2, 0.25) is 0 Å². The van der Waals surface area contributed by atoms with Crippen LogP contribution in [0.25, 0.3) is 5.57 Å². The average molecular weight is 326 g/mol. The summed E-state index contributed by atoms with van der Waals surface area (Å²) in [6, 6.07) is 10.3. The zero-order chi connectivity index (χ0) is 16.9. The molecule has 0 saturated heterocycles. The highest BCUT2D eigenvalue weighted by Gasteiger charge is 2.25. The van der Waals surface area contributed by atoms with Crippen LogP contribution >= 0.6 is 0 Å². The molecule has 1 aromatic carbocycles. The van der Waals surface area contributed by atoms with Crippen LogP contribution in [-0.4, -0.2) is 24.9 Å². The van der Waals surface area contributed by atoms with E-state index in [4.69, 9.17) is 9.47 Å². The Hall–Kier alpha value is -2.66. The molecule has 0 fully saturated rings. The van der Waals surface area contributed by atoms with Crippen LogP contribution < -0.4 is 9.64 Å². The zero-order valence-corrected chi connectivity index (χ0v) is 13.6. The number of aromatic nitrogens is 1. The molecule has 4 nitrogen and oxygen atoms in total. The molecule has 2 heterocycles. The van der Waals surface area contributed by atoms with Gasteiger partial charge in [0.05, 0.1) is 11.7 Å². The summed E-state index contributed by atoms with van der Waals surface area (Å²) >= 11 is 0. The summed E-state index contributed by atoms with van der Waals surface area (Å²) in [7, 11) is 1.57. The van der Waals surface area contributed by atoms with Gasteiger partial charge >= 0.3 is 0 Å². The third-order valence-electron chi connectivity index (χ3n) is 3.90. The lowest BCUT2D eigenvalue weighted by Crippen LogP contribution is -2.31. The lowest BCUT2D eigenvalue weighted by atomic mass is 9.99. The minimum atomic E-state index is -0.257. The number of halogens is 1. The number of para-hydroxylation sites is 1. The van der Waals surface area contributed by atoms with E-state index in [0.717, 1.165) is 11.3 Å². The molecule has 3 rings (SSSR count). The second kappa shape index (κ2) is 7.27. The van der Waals surface area contributed by atoms with Gasteiger partial charge in [-0.15, -0.1) is 0 Å². The van der Waals surface area contributed by atoms with Crippen LogP contribution in [0.5, 0.6) is 5.75 Å². The smallest absolute Gasteiger partial charge is 0.188 e. The first-order chi connectivity index (χ1) is 11.7. The number of benzene rings is 1. The minimum Gasteiger partial charge on any atom is -0.465 e. The van der Waals surface area contributed by atoms with Gasteiger partial charge in [-0.3, -0.25) is 4.98 Å². The van der Waals surface area contributed by atoms with E-state index in [0.29, 0.717) is 11.4 Å². The van der Waals surface area contributed by atoms with Gasteiger partial charge in [0, 0.05) is 25.1 Å². The Labute approximate surface area is 140 Å². The lowest BCUT2D eigenvalue weighted by Gasteiger charge is -2.32. The van der Waals surface area contributed by atoms with Crippen molar-refractivity contribution < 1.29 is 13.9 Å². The fraction of sp³-hybridized carbons (Fsp3) is 0.211. The SMILES string of the molecule is COCOc1cccnc1C1=CC=CN(c2ccccc2F)C1C. The van der Waals surface area contributed by atoms with Crippen molar-refractivity contribution >= 4 is 11.3 Å². The van der Waals surface area contributed by atoms with Crippen molar-refractivity contribution in [2.24, 2.45) is 0 Å². The number of anilines is 1. The Morgan fingerprint density at radius 1 is 1.21 bits per heavy atom. The zero-order valence-electron chi connectivity index (χ0n) is 13.6. The molecule has 0 radical (unpaired) electrons. The molecule has 1 aromatic heterocycles. The van der Waals surface area contributed by atoms with Crippen molar-refractivity contribution in [3.8, 4) is 5.75 Å². The maximum atomic E-state index is 14.2. The fourth-order valence-electron chi connectivity index (χ4n) is 2.73. The van der Waals surface area contributed by atoms with Crippen molar-refractivity contribution in [3.05, 3.63) is 72.5 Å². The molecule has 1 atom stereocenters. The highest BCUT2D eigenvalue weighted by Crippen LogP contribution is 2.34. The molecule has 1 aliphatic rings. The van der Waals surface area contributed by atoms with E-state index in [9.17, 15) is 4.39 Å². The first-order valence-corrected chi connectivity index (χ1v) is 7.70. The van der Waals surface area contributed by atoms with Crippen LogP contribution in [0.4, 0.5) is 10.1 Å². The predicted octanol–water partition coefficient (Wildman–Crippen LogP) is 4.01. The largest absolute Gasteiger partial charge is 0.465 e. The molecule has 0 bridgehead atoms. The number of ether oxygens (including phenoxy) is 2. The summed E-state index contributed by atoms with van der Waals surface area (Å²) in [5.41, 5.74) is 2.21. The maximum Gasteiger partial charge on any atom is 0.188 e. The number of hydrogen-bond donors (Lipinski definition) is 0. The first-order valence-electron chi connectivity index (χ1n) is 7.70. The predicted molar refractivity (Wildman–Crippen MR) is 92.2 cm³/mol. The lowest BCUT2D eigenvalue weighted by molar-refractivity contribution is 0.0506. The third kappa shape index (κ3) is 3.16. The maximum absolute atomic E-state index is 14.2. The normalized spacial score (nSPS) is 16.9. The summed E-state index contributed by atoms with van der Waals surface area (Å²) in [4.78, 5) is 6.34. The van der Waals surface area contributed by atoms with Crippen LogP contribution in [0.2, 0.25) is 0 Å². The van der Waals surface area contributed by atoms with E-state index < -0.39 is 0 Å². The van der Waals surface area contributed by atoms with Gasteiger partial charge in [0.25, 0.3) is 0 Å². The van der Waals surface area contributed by atoms with Gasteiger partial charge < -0.3 is 14.4 Å². The van der Waals surface area contributed by atoms with Crippen molar-refractivity contribution in [2.75, 3.05) is 18.8 Å². The number of methoxy groups -OCH3 is 1. The fourth-order valence-corrected chi connectivity index (χ4v) is 2.73.